The summed E-state index contributed by atoms with van der Waals surface area (Å²) in [6.45, 7) is 4.10. The standard InChI is InChI=1S/C18H20ClN3O/c1-3-16(14-7-5-4-6-8-14)21-22-18(23)12-20-17-10-9-15(19)11-13(17)2/h4-11,20H,3,12H2,1-2H3,(H,22,23)/b21-16+. The molecule has 0 atom stereocenters. The summed E-state index contributed by atoms with van der Waals surface area (Å²) in [5.41, 5.74) is 6.33. The van der Waals surface area contributed by atoms with Crippen LogP contribution in [0.3, 0.4) is 0 Å². The smallest absolute Gasteiger partial charge is 0.259 e. The highest BCUT2D eigenvalue weighted by atomic mass is 35.5. The van der Waals surface area contributed by atoms with Crippen LogP contribution in [0.15, 0.2) is 53.6 Å². The van der Waals surface area contributed by atoms with Crippen molar-refractivity contribution in [2.75, 3.05) is 11.9 Å². The van der Waals surface area contributed by atoms with Crippen molar-refractivity contribution in [1.82, 2.24) is 5.43 Å². The summed E-state index contributed by atoms with van der Waals surface area (Å²) in [5.74, 6) is -0.193. The van der Waals surface area contributed by atoms with Crippen molar-refractivity contribution in [3.8, 4) is 0 Å². The van der Waals surface area contributed by atoms with E-state index < -0.39 is 0 Å². The Morgan fingerprint density at radius 1 is 1.17 bits per heavy atom. The van der Waals surface area contributed by atoms with Crippen molar-refractivity contribution in [1.29, 1.82) is 0 Å². The van der Waals surface area contributed by atoms with Crippen molar-refractivity contribution in [2.45, 2.75) is 20.3 Å². The normalized spacial score (nSPS) is 11.2. The molecule has 0 fully saturated rings. The van der Waals surface area contributed by atoms with Crippen LogP contribution in [-0.4, -0.2) is 18.2 Å². The van der Waals surface area contributed by atoms with Crippen molar-refractivity contribution >= 4 is 28.9 Å². The number of hydrazone groups is 1. The summed E-state index contributed by atoms with van der Waals surface area (Å²) in [4.78, 5) is 11.9. The molecule has 23 heavy (non-hydrogen) atoms. The first-order chi connectivity index (χ1) is 11.1. The fraction of sp³-hybridized carbons (Fsp3) is 0.222. The van der Waals surface area contributed by atoms with Gasteiger partial charge in [-0.3, -0.25) is 4.79 Å². The summed E-state index contributed by atoms with van der Waals surface area (Å²) in [6.07, 6.45) is 0.744. The number of hydrogen-bond donors (Lipinski definition) is 2. The maximum absolute atomic E-state index is 11.9. The van der Waals surface area contributed by atoms with Crippen LogP contribution in [0.4, 0.5) is 5.69 Å². The quantitative estimate of drug-likeness (QED) is 0.622. The van der Waals surface area contributed by atoms with E-state index in [2.05, 4.69) is 15.8 Å². The Morgan fingerprint density at radius 3 is 2.57 bits per heavy atom. The van der Waals surface area contributed by atoms with Gasteiger partial charge in [-0.2, -0.15) is 5.10 Å². The molecule has 120 valence electrons. The maximum atomic E-state index is 11.9. The van der Waals surface area contributed by atoms with Crippen LogP contribution in [0.1, 0.15) is 24.5 Å². The Morgan fingerprint density at radius 2 is 1.91 bits per heavy atom. The topological polar surface area (TPSA) is 53.5 Å². The third kappa shape index (κ3) is 5.11. The SMILES string of the molecule is CC/C(=N\NC(=O)CNc1ccc(Cl)cc1C)c1ccccc1. The molecule has 0 radical (unpaired) electrons. The minimum atomic E-state index is -0.193. The van der Waals surface area contributed by atoms with E-state index in [-0.39, 0.29) is 12.5 Å². The highest BCUT2D eigenvalue weighted by molar-refractivity contribution is 6.30. The predicted octanol–water partition coefficient (Wildman–Crippen LogP) is 3.99. The van der Waals surface area contributed by atoms with E-state index in [0.29, 0.717) is 5.02 Å². The molecule has 5 heteroatoms. The largest absolute Gasteiger partial charge is 0.376 e. The lowest BCUT2D eigenvalue weighted by molar-refractivity contribution is -0.119. The van der Waals surface area contributed by atoms with Crippen LogP contribution in [0.5, 0.6) is 0 Å². The Bertz CT molecular complexity index is 699. The van der Waals surface area contributed by atoms with Crippen LogP contribution in [0.2, 0.25) is 5.02 Å². The second-order valence-corrected chi connectivity index (χ2v) is 5.56. The minimum Gasteiger partial charge on any atom is -0.376 e. The number of carbonyl (C=O) groups excluding carboxylic acids is 1. The maximum Gasteiger partial charge on any atom is 0.259 e. The zero-order valence-electron chi connectivity index (χ0n) is 13.3. The molecule has 0 aliphatic carbocycles. The van der Waals surface area contributed by atoms with Crippen molar-refractivity contribution < 1.29 is 4.79 Å². The monoisotopic (exact) mass is 329 g/mol. The van der Waals surface area contributed by atoms with E-state index in [4.69, 9.17) is 11.6 Å². The number of aryl methyl sites for hydroxylation is 1. The van der Waals surface area contributed by atoms with E-state index in [1.165, 1.54) is 0 Å². The average Bonchev–Trinajstić information content (AvgIpc) is 2.55. The van der Waals surface area contributed by atoms with Gasteiger partial charge >= 0.3 is 0 Å². The van der Waals surface area contributed by atoms with Crippen molar-refractivity contribution in [3.63, 3.8) is 0 Å². The molecule has 1 amide bonds. The molecule has 0 bridgehead atoms. The van der Waals surface area contributed by atoms with Gasteiger partial charge in [-0.05, 0) is 42.7 Å². The first-order valence-electron chi connectivity index (χ1n) is 7.51. The van der Waals surface area contributed by atoms with Crippen LogP contribution in [-0.2, 0) is 4.79 Å². The number of anilines is 1. The van der Waals surface area contributed by atoms with E-state index in [1.54, 1.807) is 6.07 Å². The average molecular weight is 330 g/mol. The summed E-state index contributed by atoms with van der Waals surface area (Å²) in [5, 5.41) is 7.98. The molecule has 0 aliphatic rings. The zero-order chi connectivity index (χ0) is 16.7. The summed E-state index contributed by atoms with van der Waals surface area (Å²) < 4.78 is 0. The third-order valence-corrected chi connectivity index (χ3v) is 3.62. The predicted molar refractivity (Wildman–Crippen MR) is 96.1 cm³/mol. The third-order valence-electron chi connectivity index (χ3n) is 3.39. The summed E-state index contributed by atoms with van der Waals surface area (Å²) >= 11 is 5.91. The van der Waals surface area contributed by atoms with E-state index in [1.807, 2.05) is 56.3 Å². The van der Waals surface area contributed by atoms with Crippen LogP contribution in [0.25, 0.3) is 0 Å². The second kappa shape index (κ2) is 8.34. The fourth-order valence-electron chi connectivity index (χ4n) is 2.15. The molecule has 0 unspecified atom stereocenters. The number of benzene rings is 2. The second-order valence-electron chi connectivity index (χ2n) is 5.13. The number of carbonyl (C=O) groups is 1. The molecular formula is C18H20ClN3O. The van der Waals surface area contributed by atoms with Gasteiger partial charge in [-0.1, -0.05) is 48.9 Å². The lowest BCUT2D eigenvalue weighted by atomic mass is 10.1. The molecule has 0 aromatic heterocycles. The number of hydrogen-bond acceptors (Lipinski definition) is 3. The lowest BCUT2D eigenvalue weighted by Gasteiger charge is -2.09. The van der Waals surface area contributed by atoms with Gasteiger partial charge in [0.1, 0.15) is 0 Å². The van der Waals surface area contributed by atoms with E-state index in [9.17, 15) is 4.79 Å². The van der Waals surface area contributed by atoms with E-state index in [0.717, 1.165) is 28.9 Å². The molecule has 2 rings (SSSR count). The highest BCUT2D eigenvalue weighted by Gasteiger charge is 2.05. The first kappa shape index (κ1) is 17.0. The van der Waals surface area contributed by atoms with E-state index >= 15 is 0 Å². The molecule has 0 aliphatic heterocycles. The Balaban J connectivity index is 1.92. The van der Waals surface area contributed by atoms with Gasteiger partial charge in [0.15, 0.2) is 0 Å². The molecular weight excluding hydrogens is 310 g/mol. The van der Waals surface area contributed by atoms with Gasteiger partial charge in [0.25, 0.3) is 5.91 Å². The van der Waals surface area contributed by atoms with Crippen LogP contribution >= 0.6 is 11.6 Å². The van der Waals surface area contributed by atoms with Crippen LogP contribution in [0, 0.1) is 6.92 Å². The number of nitrogens with zero attached hydrogens (tertiary/aromatic N) is 1. The van der Waals surface area contributed by atoms with Gasteiger partial charge in [-0.25, -0.2) is 5.43 Å². The lowest BCUT2D eigenvalue weighted by Crippen LogP contribution is -2.27. The van der Waals surface area contributed by atoms with Gasteiger partial charge < -0.3 is 5.32 Å². The molecule has 0 spiro atoms. The molecule has 2 aromatic rings. The highest BCUT2D eigenvalue weighted by Crippen LogP contribution is 2.19. The Hall–Kier alpha value is -2.33. The minimum absolute atomic E-state index is 0.151. The molecule has 0 heterocycles. The van der Waals surface area contributed by atoms with Gasteiger partial charge in [0.05, 0.1) is 12.3 Å². The van der Waals surface area contributed by atoms with Crippen molar-refractivity contribution in [2.24, 2.45) is 5.10 Å². The van der Waals surface area contributed by atoms with Gasteiger partial charge in [0, 0.05) is 10.7 Å². The molecule has 0 saturated heterocycles. The van der Waals surface area contributed by atoms with Gasteiger partial charge in [-0.15, -0.1) is 0 Å². The Kier molecular flexibility index (Phi) is 6.18. The Labute approximate surface area is 141 Å². The van der Waals surface area contributed by atoms with Crippen LogP contribution < -0.4 is 10.7 Å². The zero-order valence-corrected chi connectivity index (χ0v) is 14.0. The number of nitrogens with one attached hydrogen (secondary N) is 2. The van der Waals surface area contributed by atoms with Crippen molar-refractivity contribution in [3.05, 3.63) is 64.7 Å². The number of rotatable bonds is 6. The fourth-order valence-corrected chi connectivity index (χ4v) is 2.38. The summed E-state index contributed by atoms with van der Waals surface area (Å²) in [6, 6.07) is 15.3. The number of halogens is 1. The first-order valence-corrected chi connectivity index (χ1v) is 7.88. The number of amides is 1. The molecule has 4 nitrogen and oxygen atoms in total. The van der Waals surface area contributed by atoms with Gasteiger partial charge in [0.2, 0.25) is 0 Å². The molecule has 0 saturated carbocycles. The summed E-state index contributed by atoms with van der Waals surface area (Å²) in [7, 11) is 0. The molecule has 2 N–H and O–H groups in total. The molecule has 2 aromatic carbocycles.